The number of rotatable bonds is 7. The van der Waals surface area contributed by atoms with Gasteiger partial charge in [0.05, 0.1) is 18.4 Å². The van der Waals surface area contributed by atoms with Crippen LogP contribution in [0.1, 0.15) is 32.4 Å². The topological polar surface area (TPSA) is 44.4 Å². The average Bonchev–Trinajstić information content (AvgIpc) is 3.25. The maximum Gasteiger partial charge on any atom is 0.129 e. The molecule has 2 heterocycles. The van der Waals surface area contributed by atoms with Crippen LogP contribution in [0.4, 0.5) is 5.69 Å². The van der Waals surface area contributed by atoms with Crippen molar-refractivity contribution in [1.82, 2.24) is 15.1 Å². The maximum absolute atomic E-state index is 6.42. The summed E-state index contributed by atoms with van der Waals surface area (Å²) < 4.78 is 5.81. The Morgan fingerprint density at radius 2 is 1.84 bits per heavy atom. The number of aromatic nitrogens is 2. The van der Waals surface area contributed by atoms with Gasteiger partial charge in [-0.2, -0.15) is 5.10 Å². The van der Waals surface area contributed by atoms with Crippen molar-refractivity contribution in [2.24, 2.45) is 0 Å². The molecule has 3 aromatic rings. The normalized spacial score (nSPS) is 14.9. The Hall–Kier alpha value is -2.50. The summed E-state index contributed by atoms with van der Waals surface area (Å²) >= 11 is 6.42. The number of aryl methyl sites for hydroxylation is 1. The van der Waals surface area contributed by atoms with E-state index >= 15 is 0 Å². The summed E-state index contributed by atoms with van der Waals surface area (Å²) in [5.74, 6) is 0.813. The van der Waals surface area contributed by atoms with Gasteiger partial charge in [-0.3, -0.25) is 5.10 Å². The van der Waals surface area contributed by atoms with Crippen molar-refractivity contribution in [3.8, 4) is 28.1 Å². The van der Waals surface area contributed by atoms with E-state index in [-0.39, 0.29) is 0 Å². The highest BCUT2D eigenvalue weighted by Gasteiger charge is 2.27. The lowest BCUT2D eigenvalue weighted by Gasteiger charge is -2.39. The van der Waals surface area contributed by atoms with Crippen molar-refractivity contribution in [3.63, 3.8) is 0 Å². The molecule has 0 aliphatic carbocycles. The molecule has 0 amide bonds. The van der Waals surface area contributed by atoms with E-state index in [1.54, 1.807) is 7.11 Å². The molecule has 1 fully saturated rings. The summed E-state index contributed by atoms with van der Waals surface area (Å²) in [6.07, 6.45) is 2.33. The van der Waals surface area contributed by atoms with Crippen LogP contribution in [0.2, 0.25) is 5.02 Å². The van der Waals surface area contributed by atoms with Gasteiger partial charge < -0.3 is 14.5 Å². The van der Waals surface area contributed by atoms with Crippen molar-refractivity contribution in [2.75, 3.05) is 38.2 Å². The number of aromatic amines is 1. The average molecular weight is 453 g/mol. The quantitative estimate of drug-likeness (QED) is 0.475. The van der Waals surface area contributed by atoms with Crippen molar-refractivity contribution >= 4 is 17.3 Å². The molecule has 0 bridgehead atoms. The van der Waals surface area contributed by atoms with Gasteiger partial charge in [0.15, 0.2) is 0 Å². The molecule has 1 N–H and O–H groups in total. The van der Waals surface area contributed by atoms with E-state index in [0.29, 0.717) is 6.04 Å². The Labute approximate surface area is 196 Å². The SMILES string of the molecule is CCN(CC)C1CCN(c2ccc(OC)c(-c3cc(C)[nH]n3)c2-c2cccc(Cl)c2)CC1. The molecule has 1 aliphatic heterocycles. The lowest BCUT2D eigenvalue weighted by atomic mass is 9.92. The van der Waals surface area contributed by atoms with Gasteiger partial charge in [0, 0.05) is 41.1 Å². The number of benzene rings is 2. The molecule has 32 heavy (non-hydrogen) atoms. The number of hydrogen-bond acceptors (Lipinski definition) is 4. The van der Waals surface area contributed by atoms with Gasteiger partial charge in [0.25, 0.3) is 0 Å². The monoisotopic (exact) mass is 452 g/mol. The van der Waals surface area contributed by atoms with Gasteiger partial charge in [-0.15, -0.1) is 0 Å². The Morgan fingerprint density at radius 3 is 2.44 bits per heavy atom. The fraction of sp³-hybridized carbons (Fsp3) is 0.423. The number of H-pyrrole nitrogens is 1. The standard InChI is InChI=1S/C26H33ClN4O/c1-5-30(6-2)21-12-14-31(15-13-21)23-10-11-24(32-4)26(22-16-18(3)28-29-22)25(23)19-8-7-9-20(27)17-19/h7-11,16-17,21H,5-6,12-15H2,1-4H3,(H,28,29). The van der Waals surface area contributed by atoms with E-state index in [0.717, 1.165) is 65.0 Å². The maximum atomic E-state index is 6.42. The van der Waals surface area contributed by atoms with Crippen LogP contribution in [-0.4, -0.2) is 54.4 Å². The zero-order valence-electron chi connectivity index (χ0n) is 19.5. The fourth-order valence-corrected chi connectivity index (χ4v) is 5.14. The van der Waals surface area contributed by atoms with E-state index in [4.69, 9.17) is 16.3 Å². The Balaban J connectivity index is 1.81. The molecule has 0 spiro atoms. The second-order valence-corrected chi connectivity index (χ2v) is 8.86. The lowest BCUT2D eigenvalue weighted by Crippen LogP contribution is -2.45. The molecule has 0 atom stereocenters. The van der Waals surface area contributed by atoms with Crippen LogP contribution in [0, 0.1) is 6.92 Å². The number of hydrogen-bond donors (Lipinski definition) is 1. The number of anilines is 1. The minimum Gasteiger partial charge on any atom is -0.496 e. The lowest BCUT2D eigenvalue weighted by molar-refractivity contribution is 0.186. The van der Waals surface area contributed by atoms with Crippen LogP contribution < -0.4 is 9.64 Å². The van der Waals surface area contributed by atoms with Crippen molar-refractivity contribution in [2.45, 2.75) is 39.7 Å². The van der Waals surface area contributed by atoms with Crippen LogP contribution in [0.15, 0.2) is 42.5 Å². The van der Waals surface area contributed by atoms with Crippen LogP contribution in [0.5, 0.6) is 5.75 Å². The van der Waals surface area contributed by atoms with Crippen molar-refractivity contribution in [1.29, 1.82) is 0 Å². The van der Waals surface area contributed by atoms with Crippen molar-refractivity contribution < 1.29 is 4.74 Å². The molecule has 1 aliphatic rings. The minimum absolute atomic E-state index is 0.655. The molecule has 1 saturated heterocycles. The second-order valence-electron chi connectivity index (χ2n) is 8.42. The first-order valence-electron chi connectivity index (χ1n) is 11.5. The number of piperidine rings is 1. The van der Waals surface area contributed by atoms with E-state index in [9.17, 15) is 0 Å². The fourth-order valence-electron chi connectivity index (χ4n) is 4.95. The number of nitrogens with zero attached hydrogens (tertiary/aromatic N) is 3. The van der Waals surface area contributed by atoms with E-state index in [2.05, 4.69) is 58.1 Å². The Kier molecular flexibility index (Phi) is 7.07. The first-order chi connectivity index (χ1) is 15.5. The molecule has 2 aromatic carbocycles. The van der Waals surface area contributed by atoms with Gasteiger partial charge >= 0.3 is 0 Å². The second kappa shape index (κ2) is 9.97. The number of halogens is 1. The largest absolute Gasteiger partial charge is 0.496 e. The summed E-state index contributed by atoms with van der Waals surface area (Å²) in [5, 5.41) is 8.39. The molecule has 0 unspecified atom stereocenters. The van der Waals surface area contributed by atoms with Gasteiger partial charge in [0.2, 0.25) is 0 Å². The zero-order valence-corrected chi connectivity index (χ0v) is 20.2. The van der Waals surface area contributed by atoms with Gasteiger partial charge in [-0.25, -0.2) is 0 Å². The molecular weight excluding hydrogens is 420 g/mol. The number of nitrogens with one attached hydrogen (secondary N) is 1. The smallest absolute Gasteiger partial charge is 0.129 e. The highest BCUT2D eigenvalue weighted by Crippen LogP contribution is 2.45. The highest BCUT2D eigenvalue weighted by molar-refractivity contribution is 6.31. The van der Waals surface area contributed by atoms with Gasteiger partial charge in [-0.05, 0) is 68.8 Å². The summed E-state index contributed by atoms with van der Waals surface area (Å²) in [5.41, 5.74) is 6.32. The first kappa shape index (κ1) is 22.7. The van der Waals surface area contributed by atoms with Crippen LogP contribution >= 0.6 is 11.6 Å². The molecular formula is C26H33ClN4O. The third kappa shape index (κ3) is 4.50. The van der Waals surface area contributed by atoms with Crippen LogP contribution in [0.25, 0.3) is 22.4 Å². The molecule has 0 saturated carbocycles. The van der Waals surface area contributed by atoms with Crippen LogP contribution in [0.3, 0.4) is 0 Å². The Bertz CT molecular complexity index is 1050. The van der Waals surface area contributed by atoms with E-state index in [1.807, 2.05) is 25.1 Å². The summed E-state index contributed by atoms with van der Waals surface area (Å²) in [6.45, 7) is 10.8. The molecule has 4 rings (SSSR count). The van der Waals surface area contributed by atoms with Crippen molar-refractivity contribution in [3.05, 3.63) is 53.2 Å². The summed E-state index contributed by atoms with van der Waals surface area (Å²) in [6, 6.07) is 15.1. The first-order valence-corrected chi connectivity index (χ1v) is 11.9. The predicted molar refractivity (Wildman–Crippen MR) is 134 cm³/mol. The highest BCUT2D eigenvalue weighted by atomic mass is 35.5. The van der Waals surface area contributed by atoms with E-state index < -0.39 is 0 Å². The van der Waals surface area contributed by atoms with E-state index in [1.165, 1.54) is 18.5 Å². The summed E-state index contributed by atoms with van der Waals surface area (Å²) in [7, 11) is 1.72. The predicted octanol–water partition coefficient (Wildman–Crippen LogP) is 6.02. The number of methoxy groups -OCH3 is 1. The molecule has 5 nitrogen and oxygen atoms in total. The minimum atomic E-state index is 0.655. The Morgan fingerprint density at radius 1 is 1.09 bits per heavy atom. The van der Waals surface area contributed by atoms with Gasteiger partial charge in [0.1, 0.15) is 5.75 Å². The molecule has 0 radical (unpaired) electrons. The van der Waals surface area contributed by atoms with Crippen LogP contribution in [-0.2, 0) is 0 Å². The zero-order chi connectivity index (χ0) is 22.7. The molecule has 6 heteroatoms. The third-order valence-electron chi connectivity index (χ3n) is 6.57. The summed E-state index contributed by atoms with van der Waals surface area (Å²) in [4.78, 5) is 5.10. The molecule has 1 aromatic heterocycles. The number of ether oxygens (including phenoxy) is 1. The van der Waals surface area contributed by atoms with Gasteiger partial charge in [-0.1, -0.05) is 37.6 Å². The third-order valence-corrected chi connectivity index (χ3v) is 6.81. The molecule has 170 valence electrons.